The van der Waals surface area contributed by atoms with Gasteiger partial charge in [0.05, 0.1) is 93.6 Å². The number of anilines is 2. The lowest BCUT2D eigenvalue weighted by atomic mass is 10.1. The summed E-state index contributed by atoms with van der Waals surface area (Å²) in [5, 5.41) is 103. The average molecular weight is 1530 g/mol. The van der Waals surface area contributed by atoms with Gasteiger partial charge in [-0.2, -0.15) is 27.4 Å². The maximum absolute atomic E-state index is 11.0. The van der Waals surface area contributed by atoms with Crippen LogP contribution in [0.1, 0.15) is 104 Å². The first kappa shape index (κ1) is 87.0. The molecule has 9 aromatic rings. The van der Waals surface area contributed by atoms with Crippen molar-refractivity contribution >= 4 is 127 Å². The first-order valence-electron chi connectivity index (χ1n) is 28.3. The standard InChI is InChI=1S/C15H19N7O5S.C15H18N6O3.C10H12ClN5O2.C5H7NO.C5H4.2C2H3N.CH4.ClH2NO2S.H3N.S4.H2/c16-28(24,25)27-7-9-4-10(5-12(9)23)22-15-13(20-21-22)14(18-8-19-15)17-6-11-2-1-3-26-11;22-7-9-4-10(5-12(9)23)21-15-13(19-20-21)14(17-8-18-15)16-6-11-2-1-3-24-11;11-9-8-10(13-4-12-9)16(15-14-8)6-1-5(3-17)7(18)2-6;6-4-5-2-1-3-7-5;1-3-5-4-2;2*1-2-3;;1-5(2,3)4;;1-3-4-2;/h1-3,8-10,12,23H,4-7H2,(H2,16,24,25)(H,17,18,19);1-3,8-10,12,22-23H,4-7H2,(H,16,17,18);4-7,17-18H,1-3H2;1-3H,4,6H2;1H,2H3;2*1H3;1H4;(H2,2,3,4);1H3;;1H. The molecule has 3 aliphatic rings. The summed E-state index contributed by atoms with van der Waals surface area (Å²) in [6.45, 7) is 5.73. The van der Waals surface area contributed by atoms with E-state index >= 15 is 0 Å². The Labute approximate surface area is 596 Å². The van der Waals surface area contributed by atoms with Crippen molar-refractivity contribution in [1.82, 2.24) is 81.0 Å². The van der Waals surface area contributed by atoms with Gasteiger partial charge in [-0.25, -0.2) is 54.2 Å². The molecule has 3 fully saturated rings. The quantitative estimate of drug-likeness (QED) is 0.0395. The molecule has 99 heavy (non-hydrogen) atoms. The maximum atomic E-state index is 11.0. The van der Waals surface area contributed by atoms with E-state index in [1.807, 2.05) is 30.3 Å². The van der Waals surface area contributed by atoms with Crippen molar-refractivity contribution in [3.8, 4) is 36.3 Å². The maximum Gasteiger partial charge on any atom is 0.333 e. The van der Waals surface area contributed by atoms with Gasteiger partial charge >= 0.3 is 10.3 Å². The second-order valence-electron chi connectivity index (χ2n) is 20.0. The van der Waals surface area contributed by atoms with Crippen LogP contribution in [0.25, 0.3) is 33.5 Å². The second-order valence-corrected chi connectivity index (χ2v) is 27.3. The topological polar surface area (TPSA) is 572 Å². The number of furan rings is 3. The highest BCUT2D eigenvalue weighted by Gasteiger charge is 2.38. The molecule has 0 spiro atoms. The number of halogens is 2. The Morgan fingerprint density at radius 2 is 1.02 bits per heavy atom. The van der Waals surface area contributed by atoms with E-state index in [4.69, 9.17) is 57.8 Å². The van der Waals surface area contributed by atoms with Gasteiger partial charge < -0.3 is 61.3 Å². The zero-order valence-corrected chi connectivity index (χ0v) is 58.8. The fraction of sp³-hybridized carbons (Fsp3) is 0.455. The number of aliphatic hydroxyl groups excluding tert-OH is 5. The molecule has 3 aliphatic carbocycles. The molecule has 0 bridgehead atoms. The van der Waals surface area contributed by atoms with Crippen molar-refractivity contribution in [2.45, 2.75) is 123 Å². The number of terminal acetylenes is 1. The number of hydrogen-bond donors (Lipinski definition) is 11. The number of nitrogens with two attached hydrogens (primary N) is 3. The van der Waals surface area contributed by atoms with Crippen LogP contribution < -0.4 is 32.8 Å². The van der Waals surface area contributed by atoms with Crippen molar-refractivity contribution < 1.29 is 61.2 Å². The molecule has 9 unspecified atom stereocenters. The van der Waals surface area contributed by atoms with Gasteiger partial charge in [0, 0.05) is 97.1 Å². The number of rotatable bonds is 15. The predicted octanol–water partition coefficient (Wildman–Crippen LogP) is 3.77. The Bertz CT molecular complexity index is 4330. The zero-order valence-electron chi connectivity index (χ0n) is 52.4. The zero-order chi connectivity index (χ0) is 71.5. The van der Waals surface area contributed by atoms with Gasteiger partial charge in [0.2, 0.25) is 0 Å². The molecule has 16 N–H and O–H groups in total. The molecular weight excluding hydrogens is 1450 g/mol. The molecule has 0 radical (unpaired) electrons. The van der Waals surface area contributed by atoms with Crippen molar-refractivity contribution in [2.24, 2.45) is 33.8 Å². The van der Waals surface area contributed by atoms with Gasteiger partial charge in [0.1, 0.15) is 36.3 Å². The minimum absolute atomic E-state index is 0. The van der Waals surface area contributed by atoms with Gasteiger partial charge in [-0.1, -0.05) is 40.6 Å². The molecule has 9 atom stereocenters. The third-order valence-electron chi connectivity index (χ3n) is 13.6. The minimum atomic E-state index is -4.05. The SMILES string of the molecule is C.C#CC#CC.CC#N.CC#N.N.NCc1ccco1.NS(=O)(=O)Cl.NS(=O)(=O)OCC1CC(n2nnc3c(NCc4ccco4)ncnc32)CC1O.OCC1CC(n2nnc3c(Cl)ncnc32)CC1O.OCC1CC(n2nnc3c(NCc4ccco4)ncnc32)CC1O.S=S=S=S.[HH]. The summed E-state index contributed by atoms with van der Waals surface area (Å²) in [5.41, 5.74) is 8.42. The van der Waals surface area contributed by atoms with Crippen LogP contribution in [0.3, 0.4) is 0 Å². The van der Waals surface area contributed by atoms with Gasteiger partial charge in [-0.05, 0) is 93.7 Å². The van der Waals surface area contributed by atoms with Crippen LogP contribution in [0.2, 0.25) is 5.15 Å². The molecular formula is C55H77Cl2N23O13S6. The molecule has 9 heterocycles. The van der Waals surface area contributed by atoms with Crippen molar-refractivity contribution in [1.29, 1.82) is 10.5 Å². The summed E-state index contributed by atoms with van der Waals surface area (Å²) >= 11 is 14.6. The van der Waals surface area contributed by atoms with Crippen LogP contribution in [-0.4, -0.2) is 155 Å². The number of nitrogens with one attached hydrogen (secondary N) is 2. The van der Waals surface area contributed by atoms with E-state index in [-0.39, 0.29) is 75.9 Å². The van der Waals surface area contributed by atoms with Gasteiger partial charge in [0.15, 0.2) is 50.3 Å². The van der Waals surface area contributed by atoms with E-state index in [0.717, 1.165) is 17.3 Å². The van der Waals surface area contributed by atoms with Crippen LogP contribution in [0.4, 0.5) is 11.6 Å². The average Bonchev–Trinajstić information content (AvgIpc) is 1.66. The Hall–Kier alpha value is -8.06. The van der Waals surface area contributed by atoms with Gasteiger partial charge in [0.25, 0.3) is 9.24 Å². The van der Waals surface area contributed by atoms with Crippen LogP contribution >= 0.6 is 22.3 Å². The lowest BCUT2D eigenvalue weighted by molar-refractivity contribution is 0.0901. The summed E-state index contributed by atoms with van der Waals surface area (Å²) in [5.74, 6) is 9.91. The first-order valence-corrected chi connectivity index (χ1v) is 36.5. The Balaban J connectivity index is 0.000000631. The number of aliphatic hydroxyl groups is 5. The van der Waals surface area contributed by atoms with Crippen molar-refractivity contribution in [3.05, 3.63) is 96.6 Å². The number of fused-ring (bicyclic) bond motifs is 3. The van der Waals surface area contributed by atoms with E-state index in [1.54, 1.807) is 58.0 Å². The normalized spacial score (nSPS) is 19.1. The molecule has 0 aliphatic heterocycles. The van der Waals surface area contributed by atoms with Crippen molar-refractivity contribution in [2.75, 3.05) is 30.5 Å². The fourth-order valence-electron chi connectivity index (χ4n) is 9.51. The smallest absolute Gasteiger partial charge is 0.333 e. The Morgan fingerprint density at radius 3 is 1.32 bits per heavy atom. The summed E-state index contributed by atoms with van der Waals surface area (Å²) in [7, 11) is -1.13. The molecule has 12 rings (SSSR count). The number of nitrogens with zero attached hydrogens (tertiary/aromatic N) is 17. The molecule has 0 aromatic carbocycles. The number of nitriles is 2. The number of aromatic nitrogens is 15. The van der Waals surface area contributed by atoms with Crippen LogP contribution in [0, 0.1) is 64.6 Å². The van der Waals surface area contributed by atoms with E-state index < -0.39 is 37.9 Å². The molecule has 0 saturated heterocycles. The minimum Gasteiger partial charge on any atom is -0.468 e. The predicted molar refractivity (Wildman–Crippen MR) is 377 cm³/mol. The van der Waals surface area contributed by atoms with Crippen LogP contribution in [0.5, 0.6) is 0 Å². The summed E-state index contributed by atoms with van der Waals surface area (Å²) in [6.07, 6.45) is 15.1. The monoisotopic (exact) mass is 1530 g/mol. The van der Waals surface area contributed by atoms with Gasteiger partial charge in [-0.15, -0.1) is 21.7 Å². The van der Waals surface area contributed by atoms with Gasteiger partial charge in [-0.3, -0.25) is 4.18 Å². The Kier molecular flexibility index (Phi) is 40.1. The van der Waals surface area contributed by atoms with E-state index in [2.05, 4.69) is 132 Å². The van der Waals surface area contributed by atoms with E-state index in [0.29, 0.717) is 103 Å². The lowest BCUT2D eigenvalue weighted by Gasteiger charge is -2.12. The second kappa shape index (κ2) is 45.6. The summed E-state index contributed by atoms with van der Waals surface area (Å²) < 4.78 is 65.4. The highest BCUT2D eigenvalue weighted by Crippen LogP contribution is 2.38. The fourth-order valence-corrected chi connectivity index (χ4v) is 10.0. The van der Waals surface area contributed by atoms with E-state index in [1.165, 1.54) is 50.6 Å². The third kappa shape index (κ3) is 29.0. The van der Waals surface area contributed by atoms with E-state index in [9.17, 15) is 37.3 Å². The molecule has 3 saturated carbocycles. The van der Waals surface area contributed by atoms with Crippen LogP contribution in [-0.2, 0) is 83.5 Å². The lowest BCUT2D eigenvalue weighted by Crippen LogP contribution is -2.24. The third-order valence-corrected chi connectivity index (χ3v) is 16.6. The first-order chi connectivity index (χ1) is 46.5. The largest absolute Gasteiger partial charge is 0.468 e. The summed E-state index contributed by atoms with van der Waals surface area (Å²) in [6, 6.07) is 14.2. The molecule has 0 amide bonds. The molecule has 9 aromatic heterocycles. The highest BCUT2D eigenvalue weighted by atomic mass is 35.7. The summed E-state index contributed by atoms with van der Waals surface area (Å²) in [4.78, 5) is 24.9. The Morgan fingerprint density at radius 1 is 0.667 bits per heavy atom. The highest BCUT2D eigenvalue weighted by molar-refractivity contribution is 8.51. The molecule has 36 nitrogen and oxygen atoms in total. The molecule has 44 heteroatoms. The van der Waals surface area contributed by atoms with Crippen LogP contribution in [0.15, 0.2) is 87.4 Å². The number of hydrogen-bond acceptors (Lipinski definition) is 33. The molecule has 540 valence electrons. The van der Waals surface area contributed by atoms with Crippen molar-refractivity contribution in [3.63, 3.8) is 0 Å².